The zero-order chi connectivity index (χ0) is 14.0. The third-order valence-corrected chi connectivity index (χ3v) is 4.47. The molecule has 1 aliphatic rings. The standard InChI is InChI=1S/C15H27N3O/c1-5-10-6-7-11(8-10)14-17-13(19-18-14)9-12(16)15(2,3)4/h10-12H,5-9,16H2,1-4H3. The van der Waals surface area contributed by atoms with Gasteiger partial charge in [0, 0.05) is 18.4 Å². The fraction of sp³-hybridized carbons (Fsp3) is 0.867. The predicted molar refractivity (Wildman–Crippen MR) is 75.8 cm³/mol. The SMILES string of the molecule is CCC1CCC(c2noc(CC(N)C(C)(C)C)n2)C1. The van der Waals surface area contributed by atoms with E-state index in [-0.39, 0.29) is 11.5 Å². The second-order valence-electron chi connectivity index (χ2n) is 7.01. The van der Waals surface area contributed by atoms with Gasteiger partial charge in [-0.25, -0.2) is 0 Å². The van der Waals surface area contributed by atoms with Gasteiger partial charge in [-0.2, -0.15) is 4.98 Å². The van der Waals surface area contributed by atoms with E-state index in [1.807, 2.05) is 0 Å². The van der Waals surface area contributed by atoms with E-state index < -0.39 is 0 Å². The quantitative estimate of drug-likeness (QED) is 0.907. The van der Waals surface area contributed by atoms with Crippen LogP contribution in [-0.4, -0.2) is 16.2 Å². The van der Waals surface area contributed by atoms with Crippen LogP contribution in [0, 0.1) is 11.3 Å². The fourth-order valence-electron chi connectivity index (χ4n) is 2.69. The minimum Gasteiger partial charge on any atom is -0.339 e. The van der Waals surface area contributed by atoms with E-state index >= 15 is 0 Å². The molecule has 4 nitrogen and oxygen atoms in total. The maximum atomic E-state index is 6.16. The van der Waals surface area contributed by atoms with Crippen LogP contribution in [-0.2, 0) is 6.42 Å². The number of aromatic nitrogens is 2. The normalized spacial score (nSPS) is 25.7. The first-order valence-corrected chi connectivity index (χ1v) is 7.48. The number of nitrogens with zero attached hydrogens (tertiary/aromatic N) is 2. The largest absolute Gasteiger partial charge is 0.339 e. The molecular formula is C15H27N3O. The number of hydrogen-bond acceptors (Lipinski definition) is 4. The summed E-state index contributed by atoms with van der Waals surface area (Å²) in [6.45, 7) is 8.67. The van der Waals surface area contributed by atoms with Gasteiger partial charge in [0.15, 0.2) is 5.82 Å². The fourth-order valence-corrected chi connectivity index (χ4v) is 2.69. The summed E-state index contributed by atoms with van der Waals surface area (Å²) < 4.78 is 5.37. The Morgan fingerprint density at radius 3 is 2.68 bits per heavy atom. The molecule has 1 fully saturated rings. The molecule has 0 aliphatic heterocycles. The summed E-state index contributed by atoms with van der Waals surface area (Å²) >= 11 is 0. The molecule has 1 aromatic heterocycles. The van der Waals surface area contributed by atoms with Crippen molar-refractivity contribution in [3.63, 3.8) is 0 Å². The van der Waals surface area contributed by atoms with Crippen LogP contribution in [0.25, 0.3) is 0 Å². The lowest BCUT2D eigenvalue weighted by molar-refractivity contribution is 0.285. The summed E-state index contributed by atoms with van der Waals surface area (Å²) in [5.74, 6) is 2.92. The van der Waals surface area contributed by atoms with Gasteiger partial charge in [0.2, 0.25) is 5.89 Å². The zero-order valence-electron chi connectivity index (χ0n) is 12.6. The van der Waals surface area contributed by atoms with Gasteiger partial charge in [0.1, 0.15) is 0 Å². The zero-order valence-corrected chi connectivity index (χ0v) is 12.6. The summed E-state index contributed by atoms with van der Waals surface area (Å²) in [6.07, 6.45) is 5.63. The first kappa shape index (κ1) is 14.5. The predicted octanol–water partition coefficient (Wildman–Crippen LogP) is 3.28. The van der Waals surface area contributed by atoms with Crippen molar-refractivity contribution < 1.29 is 4.52 Å². The van der Waals surface area contributed by atoms with E-state index in [1.165, 1.54) is 25.7 Å². The van der Waals surface area contributed by atoms with Crippen molar-refractivity contribution in [2.75, 3.05) is 0 Å². The molecule has 3 atom stereocenters. The van der Waals surface area contributed by atoms with Crippen LogP contribution in [0.3, 0.4) is 0 Å². The number of nitrogens with two attached hydrogens (primary N) is 1. The molecule has 0 bridgehead atoms. The lowest BCUT2D eigenvalue weighted by Crippen LogP contribution is -2.37. The van der Waals surface area contributed by atoms with Crippen molar-refractivity contribution in [3.8, 4) is 0 Å². The average molecular weight is 265 g/mol. The second-order valence-corrected chi connectivity index (χ2v) is 7.01. The Morgan fingerprint density at radius 1 is 1.37 bits per heavy atom. The minimum absolute atomic E-state index is 0.0489. The molecule has 0 aromatic carbocycles. The van der Waals surface area contributed by atoms with Crippen molar-refractivity contribution >= 4 is 0 Å². The lowest BCUT2D eigenvalue weighted by Gasteiger charge is -2.25. The van der Waals surface area contributed by atoms with Gasteiger partial charge in [-0.05, 0) is 30.6 Å². The van der Waals surface area contributed by atoms with Crippen LogP contribution < -0.4 is 5.73 Å². The third-order valence-electron chi connectivity index (χ3n) is 4.47. The highest BCUT2D eigenvalue weighted by Crippen LogP contribution is 2.38. The van der Waals surface area contributed by atoms with Gasteiger partial charge in [-0.3, -0.25) is 0 Å². The molecule has 1 aromatic rings. The van der Waals surface area contributed by atoms with Crippen molar-refractivity contribution in [3.05, 3.63) is 11.7 Å². The van der Waals surface area contributed by atoms with Crippen LogP contribution in [0.5, 0.6) is 0 Å². The van der Waals surface area contributed by atoms with Gasteiger partial charge < -0.3 is 10.3 Å². The van der Waals surface area contributed by atoms with Crippen molar-refractivity contribution in [2.24, 2.45) is 17.1 Å². The molecule has 0 spiro atoms. The van der Waals surface area contributed by atoms with Crippen LogP contribution >= 0.6 is 0 Å². The van der Waals surface area contributed by atoms with E-state index in [0.29, 0.717) is 18.2 Å². The van der Waals surface area contributed by atoms with Crippen LogP contribution in [0.15, 0.2) is 4.52 Å². The monoisotopic (exact) mass is 265 g/mol. The Balaban J connectivity index is 1.96. The Kier molecular flexibility index (Phi) is 4.29. The molecule has 1 saturated carbocycles. The second kappa shape index (κ2) is 5.61. The van der Waals surface area contributed by atoms with Gasteiger partial charge in [0.05, 0.1) is 0 Å². The molecule has 19 heavy (non-hydrogen) atoms. The summed E-state index contributed by atoms with van der Waals surface area (Å²) in [5, 5.41) is 4.16. The van der Waals surface area contributed by atoms with Crippen molar-refractivity contribution in [2.45, 2.75) is 71.8 Å². The molecule has 2 rings (SSSR count). The molecule has 1 heterocycles. The van der Waals surface area contributed by atoms with Crippen LogP contribution in [0.1, 0.15) is 71.0 Å². The highest BCUT2D eigenvalue weighted by atomic mass is 16.5. The Labute approximate surface area is 116 Å². The Morgan fingerprint density at radius 2 is 2.11 bits per heavy atom. The minimum atomic E-state index is 0.0489. The van der Waals surface area contributed by atoms with Gasteiger partial charge in [-0.15, -0.1) is 0 Å². The van der Waals surface area contributed by atoms with Gasteiger partial charge >= 0.3 is 0 Å². The highest BCUT2D eigenvalue weighted by molar-refractivity contribution is 5.00. The molecule has 0 radical (unpaired) electrons. The lowest BCUT2D eigenvalue weighted by atomic mass is 9.85. The Bertz CT molecular complexity index is 408. The van der Waals surface area contributed by atoms with E-state index in [2.05, 4.69) is 37.8 Å². The molecule has 1 aliphatic carbocycles. The van der Waals surface area contributed by atoms with E-state index in [0.717, 1.165) is 11.7 Å². The molecule has 3 unspecified atom stereocenters. The van der Waals surface area contributed by atoms with Crippen LogP contribution in [0.4, 0.5) is 0 Å². The maximum absolute atomic E-state index is 6.16. The van der Waals surface area contributed by atoms with E-state index in [4.69, 9.17) is 10.3 Å². The third kappa shape index (κ3) is 3.56. The topological polar surface area (TPSA) is 64.9 Å². The first-order valence-electron chi connectivity index (χ1n) is 7.48. The maximum Gasteiger partial charge on any atom is 0.228 e. The smallest absolute Gasteiger partial charge is 0.228 e. The summed E-state index contributed by atoms with van der Waals surface area (Å²) in [4.78, 5) is 4.56. The first-order chi connectivity index (χ1) is 8.90. The summed E-state index contributed by atoms with van der Waals surface area (Å²) in [7, 11) is 0. The summed E-state index contributed by atoms with van der Waals surface area (Å²) in [6, 6.07) is 0.0489. The van der Waals surface area contributed by atoms with Crippen molar-refractivity contribution in [1.29, 1.82) is 0 Å². The molecule has 108 valence electrons. The highest BCUT2D eigenvalue weighted by Gasteiger charge is 2.29. The number of hydrogen-bond donors (Lipinski definition) is 1. The number of rotatable bonds is 4. The van der Waals surface area contributed by atoms with E-state index in [1.54, 1.807) is 0 Å². The van der Waals surface area contributed by atoms with Crippen molar-refractivity contribution in [1.82, 2.24) is 10.1 Å². The molecule has 0 saturated heterocycles. The van der Waals surface area contributed by atoms with Gasteiger partial charge in [0.25, 0.3) is 0 Å². The Hall–Kier alpha value is -0.900. The van der Waals surface area contributed by atoms with Gasteiger partial charge in [-0.1, -0.05) is 39.3 Å². The van der Waals surface area contributed by atoms with E-state index in [9.17, 15) is 0 Å². The molecule has 4 heteroatoms. The summed E-state index contributed by atoms with van der Waals surface area (Å²) in [5.41, 5.74) is 6.23. The van der Waals surface area contributed by atoms with Crippen LogP contribution in [0.2, 0.25) is 0 Å². The molecule has 2 N–H and O–H groups in total. The molecule has 0 amide bonds. The average Bonchev–Trinajstić information content (AvgIpc) is 2.95. The molecular weight excluding hydrogens is 238 g/mol.